The van der Waals surface area contributed by atoms with Crippen molar-refractivity contribution in [1.29, 1.82) is 0 Å². The summed E-state index contributed by atoms with van der Waals surface area (Å²) in [5, 5.41) is 9.91. The van der Waals surface area contributed by atoms with Gasteiger partial charge in [0.25, 0.3) is 0 Å². The molecule has 1 aliphatic heterocycles. The van der Waals surface area contributed by atoms with E-state index in [1.807, 2.05) is 6.07 Å². The van der Waals surface area contributed by atoms with Crippen molar-refractivity contribution >= 4 is 5.69 Å². The van der Waals surface area contributed by atoms with Crippen molar-refractivity contribution in [3.8, 4) is 0 Å². The van der Waals surface area contributed by atoms with Gasteiger partial charge in [-0.15, -0.1) is 0 Å². The van der Waals surface area contributed by atoms with Crippen LogP contribution in [0.4, 0.5) is 10.1 Å². The molecule has 1 aromatic carbocycles. The molecular formula is C16H24FNO. The second-order valence-electron chi connectivity index (χ2n) is 6.02. The number of hydrogen-bond acceptors (Lipinski definition) is 2. The number of aryl methyl sites for hydroxylation is 1. The maximum Gasteiger partial charge on any atom is 0.126 e. The van der Waals surface area contributed by atoms with E-state index >= 15 is 0 Å². The minimum atomic E-state index is -0.644. The van der Waals surface area contributed by atoms with Crippen molar-refractivity contribution in [3.05, 3.63) is 29.1 Å². The van der Waals surface area contributed by atoms with Crippen LogP contribution in [-0.2, 0) is 0 Å². The summed E-state index contributed by atoms with van der Waals surface area (Å²) in [6, 6.07) is 3.81. The molecule has 0 radical (unpaired) electrons. The van der Waals surface area contributed by atoms with Gasteiger partial charge in [-0.05, 0) is 57.2 Å². The minimum absolute atomic E-state index is 0.239. The molecule has 1 heterocycles. The maximum atomic E-state index is 13.7. The fraction of sp³-hybridized carbons (Fsp3) is 0.625. The summed E-state index contributed by atoms with van der Waals surface area (Å²) in [5.74, 6) is 0.403. The van der Waals surface area contributed by atoms with Gasteiger partial charge in [-0.1, -0.05) is 6.92 Å². The Labute approximate surface area is 115 Å². The van der Waals surface area contributed by atoms with Gasteiger partial charge in [-0.2, -0.15) is 0 Å². The van der Waals surface area contributed by atoms with Crippen LogP contribution in [0, 0.1) is 18.7 Å². The van der Waals surface area contributed by atoms with Crippen LogP contribution in [-0.4, -0.2) is 17.7 Å². The predicted molar refractivity (Wildman–Crippen MR) is 77.0 cm³/mol. The maximum absolute atomic E-state index is 13.7. The van der Waals surface area contributed by atoms with Gasteiger partial charge in [0, 0.05) is 23.8 Å². The lowest BCUT2D eigenvalue weighted by Gasteiger charge is -2.40. The molecule has 106 valence electrons. The van der Waals surface area contributed by atoms with Crippen LogP contribution in [0.25, 0.3) is 0 Å². The monoisotopic (exact) mass is 265 g/mol. The standard InChI is InChI=1S/C16H24FNO/c1-10-5-6-12(3)18(9-10)16-7-11(2)15(17)8-14(16)13(4)19/h7-8,10,12-13,19H,5-6,9H2,1-4H3. The summed E-state index contributed by atoms with van der Waals surface area (Å²) in [5.41, 5.74) is 2.34. The molecule has 3 heteroatoms. The number of hydrogen-bond donors (Lipinski definition) is 1. The zero-order chi connectivity index (χ0) is 14.2. The fourth-order valence-electron chi connectivity index (χ4n) is 2.89. The molecule has 3 unspecified atom stereocenters. The molecule has 0 aromatic heterocycles. The Bertz CT molecular complexity index is 458. The average Bonchev–Trinajstić information content (AvgIpc) is 2.35. The van der Waals surface area contributed by atoms with Crippen LogP contribution in [0.15, 0.2) is 12.1 Å². The van der Waals surface area contributed by atoms with Crippen molar-refractivity contribution in [1.82, 2.24) is 0 Å². The Hall–Kier alpha value is -1.09. The summed E-state index contributed by atoms with van der Waals surface area (Å²) in [4.78, 5) is 2.32. The summed E-state index contributed by atoms with van der Waals surface area (Å²) >= 11 is 0. The highest BCUT2D eigenvalue weighted by atomic mass is 19.1. The van der Waals surface area contributed by atoms with Gasteiger partial charge in [-0.3, -0.25) is 0 Å². The van der Waals surface area contributed by atoms with Crippen LogP contribution in [0.1, 0.15) is 50.8 Å². The second kappa shape index (κ2) is 5.49. The average molecular weight is 265 g/mol. The number of halogens is 1. The normalized spacial score (nSPS) is 25.5. The van der Waals surface area contributed by atoms with Crippen LogP contribution >= 0.6 is 0 Å². The zero-order valence-corrected chi connectivity index (χ0v) is 12.3. The Kier molecular flexibility index (Phi) is 4.14. The summed E-state index contributed by atoms with van der Waals surface area (Å²) < 4.78 is 13.7. The Balaban J connectivity index is 2.44. The topological polar surface area (TPSA) is 23.5 Å². The minimum Gasteiger partial charge on any atom is -0.389 e. The molecule has 2 nitrogen and oxygen atoms in total. The molecule has 1 aromatic rings. The molecule has 1 N–H and O–H groups in total. The third-order valence-electron chi connectivity index (χ3n) is 4.19. The molecule has 19 heavy (non-hydrogen) atoms. The van der Waals surface area contributed by atoms with Crippen molar-refractivity contribution in [2.75, 3.05) is 11.4 Å². The van der Waals surface area contributed by atoms with Gasteiger partial charge in [0.1, 0.15) is 5.82 Å². The van der Waals surface area contributed by atoms with E-state index in [-0.39, 0.29) is 5.82 Å². The number of nitrogens with zero attached hydrogens (tertiary/aromatic N) is 1. The van der Waals surface area contributed by atoms with Crippen molar-refractivity contribution < 1.29 is 9.50 Å². The summed E-state index contributed by atoms with van der Waals surface area (Å²) in [6.45, 7) is 8.91. The highest BCUT2D eigenvalue weighted by Crippen LogP contribution is 2.34. The second-order valence-corrected chi connectivity index (χ2v) is 6.02. The van der Waals surface area contributed by atoms with E-state index in [9.17, 15) is 9.50 Å². The number of anilines is 1. The first-order valence-corrected chi connectivity index (χ1v) is 7.15. The number of rotatable bonds is 2. The van der Waals surface area contributed by atoms with E-state index in [1.54, 1.807) is 13.8 Å². The van der Waals surface area contributed by atoms with Crippen LogP contribution in [0.5, 0.6) is 0 Å². The molecule has 0 bridgehead atoms. The third kappa shape index (κ3) is 2.92. The number of aliphatic hydroxyl groups excluding tert-OH is 1. The number of aliphatic hydroxyl groups is 1. The number of benzene rings is 1. The van der Waals surface area contributed by atoms with E-state index in [0.717, 1.165) is 18.7 Å². The van der Waals surface area contributed by atoms with E-state index < -0.39 is 6.10 Å². The molecule has 0 spiro atoms. The molecule has 3 atom stereocenters. The van der Waals surface area contributed by atoms with Crippen LogP contribution in [0.2, 0.25) is 0 Å². The number of piperidine rings is 1. The summed E-state index contributed by atoms with van der Waals surface area (Å²) in [7, 11) is 0. The zero-order valence-electron chi connectivity index (χ0n) is 12.3. The largest absolute Gasteiger partial charge is 0.389 e. The molecule has 1 saturated heterocycles. The molecule has 0 aliphatic carbocycles. The van der Waals surface area contributed by atoms with Gasteiger partial charge in [0.2, 0.25) is 0 Å². The van der Waals surface area contributed by atoms with Crippen LogP contribution in [0.3, 0.4) is 0 Å². The van der Waals surface area contributed by atoms with Gasteiger partial charge in [-0.25, -0.2) is 4.39 Å². The lowest BCUT2D eigenvalue weighted by molar-refractivity contribution is 0.198. The molecule has 0 saturated carbocycles. The Morgan fingerprint density at radius 2 is 2.00 bits per heavy atom. The Morgan fingerprint density at radius 3 is 2.63 bits per heavy atom. The van der Waals surface area contributed by atoms with Crippen molar-refractivity contribution in [2.45, 2.75) is 52.7 Å². The SMILES string of the molecule is Cc1cc(N2CC(C)CCC2C)c(C(C)O)cc1F. The van der Waals surface area contributed by atoms with E-state index in [2.05, 4.69) is 18.7 Å². The lowest BCUT2D eigenvalue weighted by Crippen LogP contribution is -2.41. The van der Waals surface area contributed by atoms with Crippen LogP contribution < -0.4 is 4.90 Å². The molecule has 2 rings (SSSR count). The van der Waals surface area contributed by atoms with Gasteiger partial charge in [0.05, 0.1) is 6.10 Å². The molecule has 0 amide bonds. The Morgan fingerprint density at radius 1 is 1.32 bits per heavy atom. The van der Waals surface area contributed by atoms with Gasteiger partial charge >= 0.3 is 0 Å². The van der Waals surface area contributed by atoms with Gasteiger partial charge < -0.3 is 10.0 Å². The highest BCUT2D eigenvalue weighted by Gasteiger charge is 2.26. The first-order chi connectivity index (χ1) is 8.90. The molecule has 1 aliphatic rings. The predicted octanol–water partition coefficient (Wildman–Crippen LogP) is 3.81. The van der Waals surface area contributed by atoms with E-state index in [1.165, 1.54) is 12.5 Å². The smallest absolute Gasteiger partial charge is 0.126 e. The van der Waals surface area contributed by atoms with Crippen molar-refractivity contribution in [3.63, 3.8) is 0 Å². The fourth-order valence-corrected chi connectivity index (χ4v) is 2.89. The van der Waals surface area contributed by atoms with Gasteiger partial charge in [0.15, 0.2) is 0 Å². The molecule has 1 fully saturated rings. The quantitative estimate of drug-likeness (QED) is 0.879. The highest BCUT2D eigenvalue weighted by molar-refractivity contribution is 5.57. The first kappa shape index (κ1) is 14.3. The first-order valence-electron chi connectivity index (χ1n) is 7.15. The van der Waals surface area contributed by atoms with Crippen molar-refractivity contribution in [2.24, 2.45) is 5.92 Å². The van der Waals surface area contributed by atoms with E-state index in [4.69, 9.17) is 0 Å². The third-order valence-corrected chi connectivity index (χ3v) is 4.19. The van der Waals surface area contributed by atoms with E-state index in [0.29, 0.717) is 23.1 Å². The molecular weight excluding hydrogens is 241 g/mol. The lowest BCUT2D eigenvalue weighted by atomic mass is 9.92. The summed E-state index contributed by atoms with van der Waals surface area (Å²) in [6.07, 6.45) is 1.74.